The highest BCUT2D eigenvalue weighted by Gasteiger charge is 2.22. The summed E-state index contributed by atoms with van der Waals surface area (Å²) in [5.74, 6) is 1.66. The lowest BCUT2D eigenvalue weighted by atomic mass is 9.89. The summed E-state index contributed by atoms with van der Waals surface area (Å²) in [6.07, 6.45) is 3.92. The first kappa shape index (κ1) is 14.9. The molecule has 2 nitrogen and oxygen atoms in total. The highest BCUT2D eigenvalue weighted by atomic mass is 15.5. The first-order valence-electron chi connectivity index (χ1n) is 6.22. The van der Waals surface area contributed by atoms with Crippen LogP contribution in [0.25, 0.3) is 0 Å². The van der Waals surface area contributed by atoms with Crippen molar-refractivity contribution in [1.29, 1.82) is 0 Å². The van der Waals surface area contributed by atoms with Gasteiger partial charge < -0.3 is 0 Å². The summed E-state index contributed by atoms with van der Waals surface area (Å²) >= 11 is 0. The zero-order chi connectivity index (χ0) is 12.1. The molecule has 0 heterocycles. The average Bonchev–Trinajstić information content (AvgIpc) is 2.15. The minimum absolute atomic E-state index is 0.255. The van der Waals surface area contributed by atoms with Crippen LogP contribution in [0, 0.1) is 11.8 Å². The largest absolute Gasteiger partial charge is 0.258 e. The van der Waals surface area contributed by atoms with Crippen LogP contribution in [0.15, 0.2) is 0 Å². The van der Waals surface area contributed by atoms with Gasteiger partial charge in [-0.1, -0.05) is 33.6 Å². The van der Waals surface area contributed by atoms with Crippen molar-refractivity contribution in [3.8, 4) is 0 Å². The van der Waals surface area contributed by atoms with E-state index in [1.807, 2.05) is 7.05 Å². The van der Waals surface area contributed by atoms with E-state index in [-0.39, 0.29) is 5.54 Å². The van der Waals surface area contributed by atoms with Gasteiger partial charge in [-0.15, -0.1) is 0 Å². The molecule has 0 aliphatic rings. The van der Waals surface area contributed by atoms with E-state index in [9.17, 15) is 0 Å². The third-order valence-corrected chi connectivity index (χ3v) is 3.83. The quantitative estimate of drug-likeness (QED) is 0.654. The van der Waals surface area contributed by atoms with E-state index >= 15 is 0 Å². The highest BCUT2D eigenvalue weighted by molar-refractivity contribution is 4.76. The van der Waals surface area contributed by atoms with E-state index in [4.69, 9.17) is 0 Å². The van der Waals surface area contributed by atoms with Gasteiger partial charge >= 0.3 is 0 Å². The maximum Gasteiger partial charge on any atom is 0.0294 e. The maximum atomic E-state index is 3.20. The van der Waals surface area contributed by atoms with Crippen LogP contribution in [-0.4, -0.2) is 24.6 Å². The minimum Gasteiger partial charge on any atom is -0.258 e. The molecule has 0 bridgehead atoms. The molecule has 0 aromatic carbocycles. The van der Waals surface area contributed by atoms with E-state index in [0.717, 1.165) is 11.8 Å². The van der Waals surface area contributed by atoms with Crippen molar-refractivity contribution in [2.45, 2.75) is 59.4 Å². The number of nitrogens with zero attached hydrogens (tertiary/aromatic N) is 1. The van der Waals surface area contributed by atoms with E-state index in [2.05, 4.69) is 52.1 Å². The smallest absolute Gasteiger partial charge is 0.0294 e. The number of hydrazine groups is 1. The van der Waals surface area contributed by atoms with Crippen LogP contribution in [0.1, 0.15) is 53.9 Å². The normalized spacial score (nSPS) is 15.0. The molecule has 0 amide bonds. The van der Waals surface area contributed by atoms with Crippen LogP contribution >= 0.6 is 0 Å². The third kappa shape index (κ3) is 5.53. The Labute approximate surface area is 96.4 Å². The Bertz CT molecular complexity index is 164. The summed E-state index contributed by atoms with van der Waals surface area (Å²) in [6.45, 7) is 11.6. The Morgan fingerprint density at radius 3 is 2.13 bits per heavy atom. The van der Waals surface area contributed by atoms with Crippen molar-refractivity contribution in [3.05, 3.63) is 0 Å². The van der Waals surface area contributed by atoms with Crippen LogP contribution < -0.4 is 5.43 Å². The maximum absolute atomic E-state index is 3.20. The van der Waals surface area contributed by atoms with Gasteiger partial charge in [-0.2, -0.15) is 0 Å². The predicted molar refractivity (Wildman–Crippen MR) is 68.8 cm³/mol. The molecular formula is C13H30N2. The topological polar surface area (TPSA) is 15.3 Å². The zero-order valence-electron chi connectivity index (χ0n) is 11.7. The van der Waals surface area contributed by atoms with Gasteiger partial charge in [0.2, 0.25) is 0 Å². The molecular weight excluding hydrogens is 184 g/mol. The molecule has 0 spiro atoms. The number of hydrogen-bond donors (Lipinski definition) is 1. The van der Waals surface area contributed by atoms with Crippen LogP contribution in [-0.2, 0) is 0 Å². The molecule has 0 aromatic heterocycles. The monoisotopic (exact) mass is 214 g/mol. The van der Waals surface area contributed by atoms with Crippen molar-refractivity contribution < 1.29 is 0 Å². The molecule has 1 N–H and O–H groups in total. The minimum atomic E-state index is 0.255. The molecule has 0 aromatic rings. The lowest BCUT2D eigenvalue weighted by Crippen LogP contribution is -2.47. The van der Waals surface area contributed by atoms with Crippen molar-refractivity contribution in [2.75, 3.05) is 14.1 Å². The van der Waals surface area contributed by atoms with Crippen LogP contribution in [0.3, 0.4) is 0 Å². The summed E-state index contributed by atoms with van der Waals surface area (Å²) < 4.78 is 0. The third-order valence-electron chi connectivity index (χ3n) is 3.83. The molecule has 0 rings (SSSR count). The van der Waals surface area contributed by atoms with Gasteiger partial charge in [-0.3, -0.25) is 5.43 Å². The van der Waals surface area contributed by atoms with Gasteiger partial charge in [-0.25, -0.2) is 5.01 Å². The lowest BCUT2D eigenvalue weighted by molar-refractivity contribution is 0.0922. The molecule has 0 aliphatic heterocycles. The molecule has 1 unspecified atom stereocenters. The molecule has 15 heavy (non-hydrogen) atoms. The standard InChI is InChI=1S/C13H30N2/c1-11(2)12(3)9-8-10-13(4,5)15(7)14-6/h11-12,14H,8-10H2,1-7H3. The van der Waals surface area contributed by atoms with E-state index in [1.165, 1.54) is 19.3 Å². The zero-order valence-corrected chi connectivity index (χ0v) is 11.7. The summed E-state index contributed by atoms with van der Waals surface area (Å²) in [4.78, 5) is 0. The SMILES string of the molecule is CNN(C)C(C)(C)CCCC(C)C(C)C. The fourth-order valence-electron chi connectivity index (χ4n) is 1.66. The van der Waals surface area contributed by atoms with Crippen LogP contribution in [0.5, 0.6) is 0 Å². The fraction of sp³-hybridized carbons (Fsp3) is 1.00. The summed E-state index contributed by atoms with van der Waals surface area (Å²) in [5, 5.41) is 2.20. The van der Waals surface area contributed by atoms with Crippen molar-refractivity contribution in [2.24, 2.45) is 11.8 Å². The molecule has 0 fully saturated rings. The molecule has 0 radical (unpaired) electrons. The fourth-order valence-corrected chi connectivity index (χ4v) is 1.66. The Morgan fingerprint density at radius 2 is 1.73 bits per heavy atom. The van der Waals surface area contributed by atoms with Crippen LogP contribution in [0.2, 0.25) is 0 Å². The van der Waals surface area contributed by atoms with Crippen LogP contribution in [0.4, 0.5) is 0 Å². The molecule has 0 aliphatic carbocycles. The lowest BCUT2D eigenvalue weighted by Gasteiger charge is -2.35. The second kappa shape index (κ2) is 6.49. The second-order valence-corrected chi connectivity index (χ2v) is 5.71. The van der Waals surface area contributed by atoms with E-state index < -0.39 is 0 Å². The van der Waals surface area contributed by atoms with E-state index in [0.29, 0.717) is 0 Å². The number of nitrogens with one attached hydrogen (secondary N) is 1. The van der Waals surface area contributed by atoms with Gasteiger partial charge in [0, 0.05) is 12.6 Å². The van der Waals surface area contributed by atoms with Gasteiger partial charge in [0.15, 0.2) is 0 Å². The molecule has 0 saturated heterocycles. The molecule has 2 heteroatoms. The Hall–Kier alpha value is -0.0800. The Kier molecular flexibility index (Phi) is 6.46. The molecule has 92 valence electrons. The Morgan fingerprint density at radius 1 is 1.20 bits per heavy atom. The molecule has 1 atom stereocenters. The van der Waals surface area contributed by atoms with E-state index in [1.54, 1.807) is 0 Å². The first-order chi connectivity index (χ1) is 6.81. The van der Waals surface area contributed by atoms with Gasteiger partial charge in [0.25, 0.3) is 0 Å². The van der Waals surface area contributed by atoms with Gasteiger partial charge in [0.1, 0.15) is 0 Å². The number of hydrogen-bond acceptors (Lipinski definition) is 2. The first-order valence-corrected chi connectivity index (χ1v) is 6.22. The summed E-state index contributed by atoms with van der Waals surface area (Å²) in [5.41, 5.74) is 3.45. The Balaban J connectivity index is 3.84. The molecule has 0 saturated carbocycles. The second-order valence-electron chi connectivity index (χ2n) is 5.71. The van der Waals surface area contributed by atoms with Gasteiger partial charge in [-0.05, 0) is 39.2 Å². The summed E-state index contributed by atoms with van der Waals surface area (Å²) in [7, 11) is 4.10. The van der Waals surface area contributed by atoms with Crippen molar-refractivity contribution in [1.82, 2.24) is 10.4 Å². The summed E-state index contributed by atoms with van der Waals surface area (Å²) in [6, 6.07) is 0. The highest BCUT2D eigenvalue weighted by Crippen LogP contribution is 2.23. The average molecular weight is 214 g/mol. The van der Waals surface area contributed by atoms with Crippen molar-refractivity contribution in [3.63, 3.8) is 0 Å². The van der Waals surface area contributed by atoms with Crippen molar-refractivity contribution >= 4 is 0 Å². The van der Waals surface area contributed by atoms with Gasteiger partial charge in [0.05, 0.1) is 0 Å². The number of rotatable bonds is 7. The predicted octanol–water partition coefficient (Wildman–Crippen LogP) is 3.29.